The van der Waals surface area contributed by atoms with Crippen LogP contribution in [-0.4, -0.2) is 31.1 Å². The summed E-state index contributed by atoms with van der Waals surface area (Å²) in [5, 5.41) is 4.79. The molecule has 0 saturated heterocycles. The van der Waals surface area contributed by atoms with Crippen molar-refractivity contribution < 1.29 is 13.2 Å². The number of hydrogen-bond acceptors (Lipinski definition) is 5. The number of aryl methyl sites for hydroxylation is 1. The number of nitrogens with one attached hydrogen (secondary N) is 1. The van der Waals surface area contributed by atoms with Gasteiger partial charge < -0.3 is 5.32 Å². The van der Waals surface area contributed by atoms with Crippen LogP contribution in [0.25, 0.3) is 10.2 Å². The SMILES string of the molecule is O=C(CCc1nc2ccccc2s1)NC1C=CS(=O)(=O)C1. The van der Waals surface area contributed by atoms with Crippen molar-refractivity contribution in [3.63, 3.8) is 0 Å². The molecule has 0 spiro atoms. The summed E-state index contributed by atoms with van der Waals surface area (Å²) in [6.07, 6.45) is 2.39. The van der Waals surface area contributed by atoms with Gasteiger partial charge in [0.15, 0.2) is 9.84 Å². The number of hydrogen-bond donors (Lipinski definition) is 1. The number of sulfone groups is 1. The number of nitrogens with zero attached hydrogens (tertiary/aromatic N) is 1. The Morgan fingerprint density at radius 2 is 2.19 bits per heavy atom. The third-order valence-corrected chi connectivity index (χ3v) is 5.67. The molecule has 0 radical (unpaired) electrons. The summed E-state index contributed by atoms with van der Waals surface area (Å²) >= 11 is 1.58. The van der Waals surface area contributed by atoms with Crippen LogP contribution in [0.3, 0.4) is 0 Å². The van der Waals surface area contributed by atoms with Gasteiger partial charge in [0, 0.05) is 18.2 Å². The van der Waals surface area contributed by atoms with Gasteiger partial charge in [0.1, 0.15) is 0 Å². The monoisotopic (exact) mass is 322 g/mol. The van der Waals surface area contributed by atoms with Crippen LogP contribution in [0.1, 0.15) is 11.4 Å². The fourth-order valence-electron chi connectivity index (χ4n) is 2.19. The van der Waals surface area contributed by atoms with E-state index in [0.29, 0.717) is 12.8 Å². The van der Waals surface area contributed by atoms with Crippen molar-refractivity contribution in [2.45, 2.75) is 18.9 Å². The standard InChI is InChI=1S/C14H14N2O3S2/c17-13(15-10-7-8-21(18,19)9-10)5-6-14-16-11-3-1-2-4-12(11)20-14/h1-4,7-8,10H,5-6,9H2,(H,15,17). The maximum absolute atomic E-state index is 11.8. The second-order valence-electron chi connectivity index (χ2n) is 4.91. The molecule has 1 aliphatic rings. The largest absolute Gasteiger partial charge is 0.349 e. The van der Waals surface area contributed by atoms with E-state index in [0.717, 1.165) is 20.6 Å². The Labute approximate surface area is 126 Å². The molecule has 5 nitrogen and oxygen atoms in total. The van der Waals surface area contributed by atoms with Crippen LogP contribution < -0.4 is 5.32 Å². The van der Waals surface area contributed by atoms with E-state index in [4.69, 9.17) is 0 Å². The molecule has 1 aliphatic heterocycles. The highest BCUT2D eigenvalue weighted by Crippen LogP contribution is 2.22. The van der Waals surface area contributed by atoms with Crippen molar-refractivity contribution in [3.8, 4) is 0 Å². The van der Waals surface area contributed by atoms with E-state index in [1.54, 1.807) is 11.3 Å². The summed E-state index contributed by atoms with van der Waals surface area (Å²) in [5.41, 5.74) is 0.947. The molecule has 110 valence electrons. The molecular formula is C14H14N2O3S2. The molecule has 2 aromatic rings. The van der Waals surface area contributed by atoms with E-state index in [-0.39, 0.29) is 11.7 Å². The maximum atomic E-state index is 11.8. The molecule has 7 heteroatoms. The fraction of sp³-hybridized carbons (Fsp3) is 0.286. The van der Waals surface area contributed by atoms with Gasteiger partial charge in [-0.1, -0.05) is 12.1 Å². The highest BCUT2D eigenvalue weighted by Gasteiger charge is 2.22. The third kappa shape index (κ3) is 3.48. The van der Waals surface area contributed by atoms with Crippen molar-refractivity contribution in [1.29, 1.82) is 0 Å². The van der Waals surface area contributed by atoms with E-state index in [9.17, 15) is 13.2 Å². The average molecular weight is 322 g/mol. The van der Waals surface area contributed by atoms with Crippen molar-refractivity contribution in [2.24, 2.45) is 0 Å². The Balaban J connectivity index is 1.55. The van der Waals surface area contributed by atoms with Crippen molar-refractivity contribution in [3.05, 3.63) is 40.8 Å². The van der Waals surface area contributed by atoms with E-state index in [1.807, 2.05) is 24.3 Å². The summed E-state index contributed by atoms with van der Waals surface area (Å²) in [5.74, 6) is -0.194. The number of para-hydroxylation sites is 1. The zero-order chi connectivity index (χ0) is 14.9. The lowest BCUT2D eigenvalue weighted by atomic mass is 10.2. The first-order chi connectivity index (χ1) is 10.0. The van der Waals surface area contributed by atoms with Gasteiger partial charge in [0.05, 0.1) is 27.0 Å². The van der Waals surface area contributed by atoms with Crippen molar-refractivity contribution in [1.82, 2.24) is 10.3 Å². The minimum Gasteiger partial charge on any atom is -0.349 e. The first kappa shape index (κ1) is 14.2. The number of fused-ring (bicyclic) bond motifs is 1. The molecule has 1 atom stereocenters. The number of carbonyl (C=O) groups is 1. The Morgan fingerprint density at radius 3 is 2.90 bits per heavy atom. The predicted molar refractivity (Wildman–Crippen MR) is 82.8 cm³/mol. The van der Waals surface area contributed by atoms with Gasteiger partial charge in [-0.05, 0) is 18.2 Å². The summed E-state index contributed by atoms with van der Waals surface area (Å²) in [6, 6.07) is 7.45. The topological polar surface area (TPSA) is 76.1 Å². The van der Waals surface area contributed by atoms with E-state index < -0.39 is 15.9 Å². The first-order valence-electron chi connectivity index (χ1n) is 6.57. The molecule has 1 N–H and O–H groups in total. The second kappa shape index (κ2) is 5.57. The third-order valence-electron chi connectivity index (χ3n) is 3.18. The average Bonchev–Trinajstić information content (AvgIpc) is 2.99. The smallest absolute Gasteiger partial charge is 0.220 e. The van der Waals surface area contributed by atoms with Gasteiger partial charge in [-0.2, -0.15) is 0 Å². The van der Waals surface area contributed by atoms with Crippen LogP contribution in [-0.2, 0) is 21.1 Å². The number of rotatable bonds is 4. The number of carbonyl (C=O) groups excluding carboxylic acids is 1. The number of amides is 1. The molecule has 1 amide bonds. The molecule has 3 rings (SSSR count). The molecule has 2 heterocycles. The number of thiazole rings is 1. The predicted octanol–water partition coefficient (Wildman–Crippen LogP) is 1.66. The Bertz CT molecular complexity index is 775. The Kier molecular flexibility index (Phi) is 3.77. The highest BCUT2D eigenvalue weighted by molar-refractivity contribution is 7.94. The van der Waals surface area contributed by atoms with Crippen molar-refractivity contribution in [2.75, 3.05) is 5.75 Å². The minimum absolute atomic E-state index is 0.0418. The van der Waals surface area contributed by atoms with Gasteiger partial charge in [-0.25, -0.2) is 13.4 Å². The molecule has 0 aliphatic carbocycles. The lowest BCUT2D eigenvalue weighted by Gasteiger charge is -2.09. The minimum atomic E-state index is -3.13. The Morgan fingerprint density at radius 1 is 1.38 bits per heavy atom. The molecule has 1 unspecified atom stereocenters. The zero-order valence-corrected chi connectivity index (χ0v) is 12.8. The maximum Gasteiger partial charge on any atom is 0.220 e. The molecule has 0 fully saturated rings. The molecule has 0 bridgehead atoms. The number of benzene rings is 1. The zero-order valence-electron chi connectivity index (χ0n) is 11.2. The summed E-state index contributed by atoms with van der Waals surface area (Å²) in [6.45, 7) is 0. The van der Waals surface area contributed by atoms with Crippen LogP contribution in [0, 0.1) is 0 Å². The van der Waals surface area contributed by atoms with Crippen LogP contribution >= 0.6 is 11.3 Å². The lowest BCUT2D eigenvalue weighted by molar-refractivity contribution is -0.121. The van der Waals surface area contributed by atoms with E-state index in [1.165, 1.54) is 6.08 Å². The summed E-state index contributed by atoms with van der Waals surface area (Å²) in [4.78, 5) is 16.3. The van der Waals surface area contributed by atoms with Crippen LogP contribution in [0.2, 0.25) is 0 Å². The molecular weight excluding hydrogens is 308 g/mol. The van der Waals surface area contributed by atoms with Crippen LogP contribution in [0.5, 0.6) is 0 Å². The van der Waals surface area contributed by atoms with Gasteiger partial charge in [-0.3, -0.25) is 4.79 Å². The molecule has 1 aromatic heterocycles. The van der Waals surface area contributed by atoms with Gasteiger partial charge in [0.2, 0.25) is 5.91 Å². The van der Waals surface area contributed by atoms with Gasteiger partial charge >= 0.3 is 0 Å². The van der Waals surface area contributed by atoms with Gasteiger partial charge in [0.25, 0.3) is 0 Å². The van der Waals surface area contributed by atoms with E-state index >= 15 is 0 Å². The second-order valence-corrected chi connectivity index (χ2v) is 7.95. The van der Waals surface area contributed by atoms with Crippen LogP contribution in [0.15, 0.2) is 35.7 Å². The van der Waals surface area contributed by atoms with E-state index in [2.05, 4.69) is 10.3 Å². The Hall–Kier alpha value is -1.73. The first-order valence-corrected chi connectivity index (χ1v) is 9.10. The fourth-order valence-corrected chi connectivity index (χ4v) is 4.39. The molecule has 1 aromatic carbocycles. The quantitative estimate of drug-likeness (QED) is 0.929. The summed E-state index contributed by atoms with van der Waals surface area (Å²) < 4.78 is 23.6. The molecule has 21 heavy (non-hydrogen) atoms. The van der Waals surface area contributed by atoms with Crippen LogP contribution in [0.4, 0.5) is 0 Å². The number of aromatic nitrogens is 1. The molecule has 0 saturated carbocycles. The highest BCUT2D eigenvalue weighted by atomic mass is 32.2. The lowest BCUT2D eigenvalue weighted by Crippen LogP contribution is -2.35. The normalized spacial score (nSPS) is 19.9. The summed E-state index contributed by atoms with van der Waals surface area (Å²) in [7, 11) is -3.13. The van der Waals surface area contributed by atoms with Gasteiger partial charge in [-0.15, -0.1) is 11.3 Å². The van der Waals surface area contributed by atoms with Crippen molar-refractivity contribution >= 4 is 37.3 Å².